The number of halogens is 1. The summed E-state index contributed by atoms with van der Waals surface area (Å²) in [4.78, 5) is 5.01. The summed E-state index contributed by atoms with van der Waals surface area (Å²) in [6.45, 7) is 6.44. The molecule has 8 heteroatoms. The predicted molar refractivity (Wildman–Crippen MR) is 136 cm³/mol. The minimum Gasteiger partial charge on any atom is -0.493 e. The minimum atomic E-state index is -3.21. The Labute approximate surface area is 202 Å². The Bertz CT molecular complexity index is 1000. The van der Waals surface area contributed by atoms with Crippen LogP contribution in [0.15, 0.2) is 52.4 Å². The van der Waals surface area contributed by atoms with Gasteiger partial charge in [0, 0.05) is 24.9 Å². The summed E-state index contributed by atoms with van der Waals surface area (Å²) in [5.41, 5.74) is 2.80. The topological polar surface area (TPSA) is 79.8 Å². The molecular formula is C23H32IN3O3S. The summed E-state index contributed by atoms with van der Waals surface area (Å²) in [5.74, 6) is 2.33. The van der Waals surface area contributed by atoms with Crippen LogP contribution in [0.25, 0.3) is 0 Å². The van der Waals surface area contributed by atoms with Crippen LogP contribution in [0.5, 0.6) is 5.75 Å². The van der Waals surface area contributed by atoms with Crippen molar-refractivity contribution in [2.45, 2.75) is 44.7 Å². The second-order valence-corrected chi connectivity index (χ2v) is 9.77. The van der Waals surface area contributed by atoms with Crippen molar-refractivity contribution in [1.82, 2.24) is 10.6 Å². The number of nitrogens with zero attached hydrogens (tertiary/aromatic N) is 1. The van der Waals surface area contributed by atoms with Crippen LogP contribution in [-0.4, -0.2) is 33.8 Å². The van der Waals surface area contributed by atoms with Crippen molar-refractivity contribution in [2.24, 2.45) is 10.9 Å². The maximum atomic E-state index is 11.8. The molecule has 0 atom stereocenters. The molecule has 0 aliphatic heterocycles. The molecule has 0 amide bonds. The number of aliphatic imine (C=N–C) groups is 1. The summed E-state index contributed by atoms with van der Waals surface area (Å²) in [7, 11) is -3.21. The fraction of sp³-hybridized carbons (Fsp3) is 0.435. The molecule has 170 valence electrons. The molecule has 1 saturated carbocycles. The SMILES string of the molecule is CCNC(=NCc1ccc(S(C)(=O)=O)c(C)c1)NCc1ccccc1OCC1CC1.I. The van der Waals surface area contributed by atoms with Crippen molar-refractivity contribution in [2.75, 3.05) is 19.4 Å². The van der Waals surface area contributed by atoms with Gasteiger partial charge in [-0.3, -0.25) is 0 Å². The standard InChI is InChI=1S/C23H31N3O3S.HI/c1-4-24-23(25-14-19-11-12-22(17(2)13-19)30(3,27)28)26-15-20-7-5-6-8-21(20)29-16-18-9-10-18;/h5-8,11-13,18H,4,9-10,14-16H2,1-3H3,(H2,24,25,26);1H. The average Bonchev–Trinajstić information content (AvgIpc) is 3.52. The third-order valence-electron chi connectivity index (χ3n) is 4.99. The Hall–Kier alpha value is -1.81. The number of para-hydroxylation sites is 1. The highest BCUT2D eigenvalue weighted by atomic mass is 127. The van der Waals surface area contributed by atoms with E-state index in [4.69, 9.17) is 4.74 Å². The minimum absolute atomic E-state index is 0. The highest BCUT2D eigenvalue weighted by Crippen LogP contribution is 2.30. The third-order valence-corrected chi connectivity index (χ3v) is 6.25. The number of guanidine groups is 1. The van der Waals surface area contributed by atoms with E-state index in [-0.39, 0.29) is 24.0 Å². The molecule has 3 rings (SSSR count). The number of rotatable bonds is 9. The number of aryl methyl sites for hydroxylation is 1. The summed E-state index contributed by atoms with van der Waals surface area (Å²) in [5, 5.41) is 6.62. The first kappa shape index (κ1) is 25.5. The second kappa shape index (κ2) is 11.7. The van der Waals surface area contributed by atoms with E-state index in [2.05, 4.69) is 21.7 Å². The van der Waals surface area contributed by atoms with Crippen molar-refractivity contribution >= 4 is 39.8 Å². The lowest BCUT2D eigenvalue weighted by Crippen LogP contribution is -2.36. The van der Waals surface area contributed by atoms with Crippen LogP contribution in [0, 0.1) is 12.8 Å². The van der Waals surface area contributed by atoms with E-state index in [0.717, 1.165) is 35.6 Å². The Morgan fingerprint density at radius 2 is 1.90 bits per heavy atom. The fourth-order valence-corrected chi connectivity index (χ4v) is 4.16. The Balaban J connectivity index is 0.00000341. The number of nitrogens with one attached hydrogen (secondary N) is 2. The molecular weight excluding hydrogens is 525 g/mol. The van der Waals surface area contributed by atoms with Crippen LogP contribution in [0.3, 0.4) is 0 Å². The molecule has 0 heterocycles. The van der Waals surface area contributed by atoms with Crippen LogP contribution in [0.4, 0.5) is 0 Å². The van der Waals surface area contributed by atoms with Gasteiger partial charge in [-0.1, -0.05) is 30.3 Å². The molecule has 0 saturated heterocycles. The normalized spacial score (nSPS) is 14.0. The zero-order valence-corrected chi connectivity index (χ0v) is 21.5. The Kier molecular flexibility index (Phi) is 9.61. The number of hydrogen-bond donors (Lipinski definition) is 2. The van der Waals surface area contributed by atoms with E-state index < -0.39 is 9.84 Å². The van der Waals surface area contributed by atoms with Crippen molar-refractivity contribution in [3.8, 4) is 5.75 Å². The first-order valence-corrected chi connectivity index (χ1v) is 12.3. The smallest absolute Gasteiger partial charge is 0.191 e. The monoisotopic (exact) mass is 557 g/mol. The van der Waals surface area contributed by atoms with Crippen molar-refractivity contribution in [1.29, 1.82) is 0 Å². The molecule has 0 radical (unpaired) electrons. The number of hydrogen-bond acceptors (Lipinski definition) is 4. The van der Waals surface area contributed by atoms with Gasteiger partial charge in [-0.25, -0.2) is 13.4 Å². The first-order chi connectivity index (χ1) is 14.4. The van der Waals surface area contributed by atoms with E-state index in [0.29, 0.717) is 29.9 Å². The van der Waals surface area contributed by atoms with Gasteiger partial charge in [0.1, 0.15) is 5.75 Å². The Morgan fingerprint density at radius 1 is 1.16 bits per heavy atom. The number of sulfone groups is 1. The van der Waals surface area contributed by atoms with E-state index in [1.807, 2.05) is 44.2 Å². The van der Waals surface area contributed by atoms with Crippen LogP contribution >= 0.6 is 24.0 Å². The van der Waals surface area contributed by atoms with Crippen molar-refractivity contribution in [3.63, 3.8) is 0 Å². The van der Waals surface area contributed by atoms with E-state index >= 15 is 0 Å². The average molecular weight is 557 g/mol. The van der Waals surface area contributed by atoms with Gasteiger partial charge in [-0.15, -0.1) is 24.0 Å². The maximum Gasteiger partial charge on any atom is 0.191 e. The van der Waals surface area contributed by atoms with Gasteiger partial charge in [-0.05, 0) is 55.9 Å². The molecule has 1 aliphatic carbocycles. The molecule has 0 bridgehead atoms. The van der Waals surface area contributed by atoms with Crippen LogP contribution < -0.4 is 15.4 Å². The highest BCUT2D eigenvalue weighted by Gasteiger charge is 2.22. The summed E-state index contributed by atoms with van der Waals surface area (Å²) < 4.78 is 29.6. The molecule has 6 nitrogen and oxygen atoms in total. The maximum absolute atomic E-state index is 11.8. The number of ether oxygens (including phenoxy) is 1. The fourth-order valence-electron chi connectivity index (χ4n) is 3.20. The summed E-state index contributed by atoms with van der Waals surface area (Å²) in [6, 6.07) is 13.4. The highest BCUT2D eigenvalue weighted by molar-refractivity contribution is 14.0. The number of benzene rings is 2. The van der Waals surface area contributed by atoms with E-state index in [1.54, 1.807) is 6.07 Å². The molecule has 0 unspecified atom stereocenters. The van der Waals surface area contributed by atoms with Gasteiger partial charge >= 0.3 is 0 Å². The Morgan fingerprint density at radius 3 is 2.55 bits per heavy atom. The molecule has 2 aromatic carbocycles. The van der Waals surface area contributed by atoms with Gasteiger partial charge in [0.25, 0.3) is 0 Å². The van der Waals surface area contributed by atoms with E-state index in [9.17, 15) is 8.42 Å². The lowest BCUT2D eigenvalue weighted by molar-refractivity contribution is 0.296. The zero-order chi connectivity index (χ0) is 21.6. The van der Waals surface area contributed by atoms with Crippen LogP contribution in [-0.2, 0) is 22.9 Å². The van der Waals surface area contributed by atoms with Crippen molar-refractivity contribution < 1.29 is 13.2 Å². The first-order valence-electron chi connectivity index (χ1n) is 10.4. The molecule has 2 N–H and O–H groups in total. The lowest BCUT2D eigenvalue weighted by Gasteiger charge is -2.15. The summed E-state index contributed by atoms with van der Waals surface area (Å²) in [6.07, 6.45) is 3.76. The van der Waals surface area contributed by atoms with Crippen LogP contribution in [0.1, 0.15) is 36.5 Å². The zero-order valence-electron chi connectivity index (χ0n) is 18.3. The van der Waals surface area contributed by atoms with E-state index in [1.165, 1.54) is 19.1 Å². The van der Waals surface area contributed by atoms with Gasteiger partial charge in [-0.2, -0.15) is 0 Å². The quantitative estimate of drug-likeness (QED) is 0.276. The molecule has 1 aliphatic rings. The third kappa shape index (κ3) is 7.99. The second-order valence-electron chi connectivity index (χ2n) is 7.78. The van der Waals surface area contributed by atoms with Gasteiger partial charge < -0.3 is 15.4 Å². The van der Waals surface area contributed by atoms with Crippen LogP contribution in [0.2, 0.25) is 0 Å². The van der Waals surface area contributed by atoms with Crippen molar-refractivity contribution in [3.05, 3.63) is 59.2 Å². The molecule has 0 spiro atoms. The molecule has 1 fully saturated rings. The summed E-state index contributed by atoms with van der Waals surface area (Å²) >= 11 is 0. The molecule has 31 heavy (non-hydrogen) atoms. The predicted octanol–water partition coefficient (Wildman–Crippen LogP) is 4.06. The largest absolute Gasteiger partial charge is 0.493 e. The van der Waals surface area contributed by atoms with Gasteiger partial charge in [0.15, 0.2) is 15.8 Å². The van der Waals surface area contributed by atoms with Gasteiger partial charge in [0.05, 0.1) is 18.0 Å². The molecule has 2 aromatic rings. The molecule has 0 aromatic heterocycles. The lowest BCUT2D eigenvalue weighted by atomic mass is 10.1. The van der Waals surface area contributed by atoms with Gasteiger partial charge in [0.2, 0.25) is 0 Å².